The molecule has 1 aromatic rings. The standard InChI is InChI=1S/C16H23N5O2/c1-3-15(18-16(22)19-20-17)12-8-10-21(11-9-12)13-4-6-14(23-2)7-5-13/h4-7,12,15H,3,8-11H2,1-2H3,(H,18,22). The molecule has 0 radical (unpaired) electrons. The van der Waals surface area contributed by atoms with E-state index in [4.69, 9.17) is 10.3 Å². The summed E-state index contributed by atoms with van der Waals surface area (Å²) in [5.74, 6) is 1.27. The fraction of sp³-hybridized carbons (Fsp3) is 0.562. The van der Waals surface area contributed by atoms with Gasteiger partial charge in [0.05, 0.1) is 7.11 Å². The highest BCUT2D eigenvalue weighted by molar-refractivity contribution is 5.75. The number of hydrogen-bond acceptors (Lipinski definition) is 3. The van der Waals surface area contributed by atoms with E-state index in [1.165, 1.54) is 5.69 Å². The van der Waals surface area contributed by atoms with Gasteiger partial charge in [-0.15, -0.1) is 0 Å². The lowest BCUT2D eigenvalue weighted by Gasteiger charge is -2.37. The predicted molar refractivity (Wildman–Crippen MR) is 89.7 cm³/mol. The Morgan fingerprint density at radius 2 is 2.09 bits per heavy atom. The Balaban J connectivity index is 1.91. The van der Waals surface area contributed by atoms with E-state index < -0.39 is 6.03 Å². The monoisotopic (exact) mass is 317 g/mol. The molecule has 23 heavy (non-hydrogen) atoms. The van der Waals surface area contributed by atoms with Gasteiger partial charge in [0.15, 0.2) is 0 Å². The molecule has 0 bridgehead atoms. The van der Waals surface area contributed by atoms with Crippen LogP contribution in [0.15, 0.2) is 29.4 Å². The van der Waals surface area contributed by atoms with Crippen LogP contribution in [-0.2, 0) is 0 Å². The number of rotatable bonds is 5. The summed E-state index contributed by atoms with van der Waals surface area (Å²) < 4.78 is 5.18. The molecule has 1 atom stereocenters. The van der Waals surface area contributed by atoms with Crippen molar-refractivity contribution in [2.24, 2.45) is 11.0 Å². The molecule has 1 aromatic carbocycles. The van der Waals surface area contributed by atoms with Crippen LogP contribution in [0, 0.1) is 5.92 Å². The van der Waals surface area contributed by atoms with Crippen molar-refractivity contribution in [1.82, 2.24) is 5.32 Å². The molecule has 1 aliphatic rings. The minimum Gasteiger partial charge on any atom is -0.497 e. The van der Waals surface area contributed by atoms with Gasteiger partial charge >= 0.3 is 6.03 Å². The maximum absolute atomic E-state index is 11.4. The average molecular weight is 317 g/mol. The first-order valence-electron chi connectivity index (χ1n) is 7.92. The number of urea groups is 1. The number of benzene rings is 1. The largest absolute Gasteiger partial charge is 0.497 e. The quantitative estimate of drug-likeness (QED) is 0.510. The van der Waals surface area contributed by atoms with Gasteiger partial charge in [-0.1, -0.05) is 6.92 Å². The van der Waals surface area contributed by atoms with Crippen molar-refractivity contribution in [2.45, 2.75) is 32.2 Å². The first kappa shape index (κ1) is 17.0. The zero-order valence-electron chi connectivity index (χ0n) is 13.6. The number of piperidine rings is 1. The van der Waals surface area contributed by atoms with E-state index in [2.05, 4.69) is 32.4 Å². The van der Waals surface area contributed by atoms with Gasteiger partial charge in [-0.3, -0.25) is 4.79 Å². The lowest BCUT2D eigenvalue weighted by atomic mass is 9.88. The number of methoxy groups -OCH3 is 1. The molecular formula is C16H23N5O2. The second-order valence-electron chi connectivity index (χ2n) is 5.68. The zero-order valence-corrected chi connectivity index (χ0v) is 13.6. The van der Waals surface area contributed by atoms with Gasteiger partial charge in [0.25, 0.3) is 0 Å². The molecule has 0 saturated carbocycles. The summed E-state index contributed by atoms with van der Waals surface area (Å²) in [6, 6.07) is 7.55. The molecule has 7 heteroatoms. The normalized spacial score (nSPS) is 16.3. The zero-order chi connectivity index (χ0) is 16.7. The van der Waals surface area contributed by atoms with Gasteiger partial charge in [-0.25, -0.2) is 0 Å². The van der Waals surface area contributed by atoms with E-state index in [9.17, 15) is 4.79 Å². The number of amides is 2. The number of nitrogens with zero attached hydrogens (tertiary/aromatic N) is 4. The summed E-state index contributed by atoms with van der Waals surface area (Å²) in [6.45, 7) is 3.94. The van der Waals surface area contributed by atoms with Crippen LogP contribution in [0.5, 0.6) is 5.75 Å². The third kappa shape index (κ3) is 4.53. The van der Waals surface area contributed by atoms with Gasteiger partial charge in [0, 0.05) is 34.8 Å². The van der Waals surface area contributed by atoms with Crippen molar-refractivity contribution >= 4 is 11.7 Å². The minimum atomic E-state index is -0.586. The van der Waals surface area contributed by atoms with Crippen molar-refractivity contribution in [3.63, 3.8) is 0 Å². The molecule has 124 valence electrons. The molecule has 1 saturated heterocycles. The minimum absolute atomic E-state index is 0.0611. The Kier molecular flexibility index (Phi) is 6.11. The van der Waals surface area contributed by atoms with Gasteiger partial charge in [0.1, 0.15) is 5.75 Å². The highest BCUT2D eigenvalue weighted by Crippen LogP contribution is 2.27. The fourth-order valence-electron chi connectivity index (χ4n) is 3.13. The number of nitrogens with one attached hydrogen (secondary N) is 1. The van der Waals surface area contributed by atoms with Gasteiger partial charge in [0.2, 0.25) is 0 Å². The van der Waals surface area contributed by atoms with Crippen molar-refractivity contribution in [2.75, 3.05) is 25.1 Å². The number of carbonyl (C=O) groups excluding carboxylic acids is 1. The summed E-state index contributed by atoms with van der Waals surface area (Å²) in [4.78, 5) is 16.3. The molecule has 7 nitrogen and oxygen atoms in total. The average Bonchev–Trinajstić information content (AvgIpc) is 2.60. The number of azide groups is 1. The van der Waals surface area contributed by atoms with Crippen LogP contribution in [0.4, 0.5) is 10.5 Å². The molecule has 0 spiro atoms. The fourth-order valence-corrected chi connectivity index (χ4v) is 3.13. The molecule has 0 aliphatic carbocycles. The Morgan fingerprint density at radius 1 is 1.43 bits per heavy atom. The van der Waals surface area contributed by atoms with E-state index in [0.717, 1.165) is 38.1 Å². The van der Waals surface area contributed by atoms with Crippen LogP contribution in [0.25, 0.3) is 10.4 Å². The van der Waals surface area contributed by atoms with Crippen molar-refractivity contribution in [3.05, 3.63) is 34.7 Å². The van der Waals surface area contributed by atoms with Crippen LogP contribution in [0.3, 0.4) is 0 Å². The molecule has 2 amide bonds. The van der Waals surface area contributed by atoms with Crippen LogP contribution in [-0.4, -0.2) is 32.3 Å². The molecule has 1 aliphatic heterocycles. The lowest BCUT2D eigenvalue weighted by Crippen LogP contribution is -2.44. The lowest BCUT2D eigenvalue weighted by molar-refractivity contribution is 0.232. The first-order valence-corrected chi connectivity index (χ1v) is 7.92. The first-order chi connectivity index (χ1) is 11.2. The summed E-state index contributed by atoms with van der Waals surface area (Å²) in [7, 11) is 1.66. The Bertz CT molecular complexity index is 560. The maximum atomic E-state index is 11.4. The van der Waals surface area contributed by atoms with Crippen LogP contribution in [0.1, 0.15) is 26.2 Å². The summed E-state index contributed by atoms with van der Waals surface area (Å²) in [6.07, 6.45) is 2.84. The second kappa shape index (κ2) is 8.29. The molecular weight excluding hydrogens is 294 g/mol. The predicted octanol–water partition coefficient (Wildman–Crippen LogP) is 3.71. The summed E-state index contributed by atoms with van der Waals surface area (Å²) in [5.41, 5.74) is 9.50. The number of carbonyl (C=O) groups is 1. The SMILES string of the molecule is CCC(NC(=O)N=[N+]=[N-])C1CCN(c2ccc(OC)cc2)CC1. The highest BCUT2D eigenvalue weighted by Gasteiger charge is 2.26. The van der Waals surface area contributed by atoms with E-state index in [-0.39, 0.29) is 6.04 Å². The van der Waals surface area contributed by atoms with Crippen LogP contribution < -0.4 is 15.0 Å². The molecule has 0 aromatic heterocycles. The van der Waals surface area contributed by atoms with Crippen LogP contribution >= 0.6 is 0 Å². The Morgan fingerprint density at radius 3 is 2.61 bits per heavy atom. The molecule has 1 N–H and O–H groups in total. The Hall–Kier alpha value is -2.40. The van der Waals surface area contributed by atoms with Gasteiger partial charge < -0.3 is 15.0 Å². The smallest absolute Gasteiger partial charge is 0.308 e. The topological polar surface area (TPSA) is 90.3 Å². The summed E-state index contributed by atoms with van der Waals surface area (Å²) in [5, 5.41) is 5.91. The molecule has 1 fully saturated rings. The van der Waals surface area contributed by atoms with Crippen molar-refractivity contribution < 1.29 is 9.53 Å². The molecule has 1 heterocycles. The summed E-state index contributed by atoms with van der Waals surface area (Å²) >= 11 is 0. The third-order valence-electron chi connectivity index (χ3n) is 4.43. The maximum Gasteiger partial charge on any atom is 0.308 e. The van der Waals surface area contributed by atoms with E-state index >= 15 is 0 Å². The highest BCUT2D eigenvalue weighted by atomic mass is 16.5. The van der Waals surface area contributed by atoms with E-state index in [1.54, 1.807) is 7.11 Å². The third-order valence-corrected chi connectivity index (χ3v) is 4.43. The van der Waals surface area contributed by atoms with Crippen molar-refractivity contribution in [1.29, 1.82) is 0 Å². The van der Waals surface area contributed by atoms with Crippen LogP contribution in [0.2, 0.25) is 0 Å². The van der Waals surface area contributed by atoms with Gasteiger partial charge in [-0.2, -0.15) is 0 Å². The second-order valence-corrected chi connectivity index (χ2v) is 5.68. The van der Waals surface area contributed by atoms with Gasteiger partial charge in [-0.05, 0) is 55.0 Å². The molecule has 1 unspecified atom stereocenters. The number of hydrogen-bond donors (Lipinski definition) is 1. The number of ether oxygens (including phenoxy) is 1. The molecule has 2 rings (SSSR count). The van der Waals surface area contributed by atoms with E-state index in [1.807, 2.05) is 19.1 Å². The van der Waals surface area contributed by atoms with Crippen molar-refractivity contribution in [3.8, 4) is 5.75 Å². The number of anilines is 1. The van der Waals surface area contributed by atoms with E-state index in [0.29, 0.717) is 5.92 Å². The Labute approximate surface area is 136 Å².